The second-order valence-corrected chi connectivity index (χ2v) is 4.21. The molecule has 6 heteroatoms. The van der Waals surface area contributed by atoms with Crippen LogP contribution in [0.25, 0.3) is 0 Å². The molecule has 1 heterocycles. The summed E-state index contributed by atoms with van der Waals surface area (Å²) in [5.41, 5.74) is 0.677. The standard InChI is InChI=1S/C11H14N2O4/c1-7-6-12-17-10(7)11(16)13(8-2-3-8)5-4-9(14)15/h6,8H,2-5H2,1H3,(H,14,15). The van der Waals surface area contributed by atoms with Gasteiger partial charge in [-0.05, 0) is 19.8 Å². The summed E-state index contributed by atoms with van der Waals surface area (Å²) in [5, 5.41) is 12.2. The maximum absolute atomic E-state index is 12.1. The average molecular weight is 238 g/mol. The molecular formula is C11H14N2O4. The zero-order valence-electron chi connectivity index (χ0n) is 9.55. The van der Waals surface area contributed by atoms with E-state index in [4.69, 9.17) is 9.63 Å². The quantitative estimate of drug-likeness (QED) is 0.829. The maximum atomic E-state index is 12.1. The Labute approximate surface area is 98.2 Å². The number of carboxylic acid groups (broad SMARTS) is 1. The molecule has 2 rings (SSSR count). The summed E-state index contributed by atoms with van der Waals surface area (Å²) in [4.78, 5) is 24.2. The number of carbonyl (C=O) groups is 2. The van der Waals surface area contributed by atoms with Crippen molar-refractivity contribution in [1.82, 2.24) is 10.1 Å². The summed E-state index contributed by atoms with van der Waals surface area (Å²) >= 11 is 0. The number of aromatic nitrogens is 1. The minimum absolute atomic E-state index is 0.0462. The van der Waals surface area contributed by atoms with Crippen LogP contribution in [0.2, 0.25) is 0 Å². The Kier molecular flexibility index (Phi) is 3.12. The van der Waals surface area contributed by atoms with Crippen molar-refractivity contribution in [2.24, 2.45) is 0 Å². The number of carboxylic acids is 1. The van der Waals surface area contributed by atoms with Crippen LogP contribution in [0.15, 0.2) is 10.7 Å². The van der Waals surface area contributed by atoms with Gasteiger partial charge >= 0.3 is 5.97 Å². The van der Waals surface area contributed by atoms with Gasteiger partial charge in [-0.25, -0.2) is 0 Å². The van der Waals surface area contributed by atoms with Gasteiger partial charge in [-0.3, -0.25) is 9.59 Å². The number of amides is 1. The summed E-state index contributed by atoms with van der Waals surface area (Å²) in [6, 6.07) is 0.159. The minimum Gasteiger partial charge on any atom is -0.481 e. The van der Waals surface area contributed by atoms with Gasteiger partial charge < -0.3 is 14.5 Å². The van der Waals surface area contributed by atoms with Crippen LogP contribution < -0.4 is 0 Å². The molecule has 0 saturated heterocycles. The van der Waals surface area contributed by atoms with E-state index in [0.717, 1.165) is 12.8 Å². The predicted molar refractivity (Wildman–Crippen MR) is 57.6 cm³/mol. The molecule has 0 radical (unpaired) electrons. The second kappa shape index (κ2) is 4.57. The van der Waals surface area contributed by atoms with Crippen molar-refractivity contribution in [2.45, 2.75) is 32.2 Å². The monoisotopic (exact) mass is 238 g/mol. The molecule has 1 amide bonds. The fourth-order valence-corrected chi connectivity index (χ4v) is 1.68. The number of aliphatic carboxylic acids is 1. The lowest BCUT2D eigenvalue weighted by Gasteiger charge is -2.20. The van der Waals surface area contributed by atoms with Crippen LogP contribution in [0.3, 0.4) is 0 Å². The molecular weight excluding hydrogens is 224 g/mol. The van der Waals surface area contributed by atoms with Crippen LogP contribution in [-0.4, -0.2) is 39.6 Å². The van der Waals surface area contributed by atoms with Gasteiger partial charge in [0, 0.05) is 18.2 Å². The van der Waals surface area contributed by atoms with Crippen molar-refractivity contribution >= 4 is 11.9 Å². The van der Waals surface area contributed by atoms with Crippen molar-refractivity contribution in [3.05, 3.63) is 17.5 Å². The lowest BCUT2D eigenvalue weighted by molar-refractivity contribution is -0.137. The highest BCUT2D eigenvalue weighted by Crippen LogP contribution is 2.28. The first-order valence-electron chi connectivity index (χ1n) is 5.53. The van der Waals surface area contributed by atoms with Crippen molar-refractivity contribution in [3.8, 4) is 0 Å². The zero-order valence-corrected chi connectivity index (χ0v) is 9.55. The van der Waals surface area contributed by atoms with Gasteiger partial charge in [0.2, 0.25) is 5.76 Å². The molecule has 1 aromatic heterocycles. The van der Waals surface area contributed by atoms with Crippen molar-refractivity contribution in [1.29, 1.82) is 0 Å². The van der Waals surface area contributed by atoms with E-state index in [2.05, 4.69) is 5.16 Å². The smallest absolute Gasteiger partial charge is 0.305 e. The van der Waals surface area contributed by atoms with Crippen LogP contribution in [0.1, 0.15) is 35.4 Å². The van der Waals surface area contributed by atoms with E-state index in [1.165, 1.54) is 6.20 Å². The Morgan fingerprint density at radius 2 is 2.29 bits per heavy atom. The van der Waals surface area contributed by atoms with Crippen LogP contribution in [0.4, 0.5) is 0 Å². The molecule has 1 saturated carbocycles. The molecule has 1 aliphatic carbocycles. The van der Waals surface area contributed by atoms with Crippen LogP contribution >= 0.6 is 0 Å². The Hall–Kier alpha value is -1.85. The number of rotatable bonds is 5. The van der Waals surface area contributed by atoms with Crippen LogP contribution in [0, 0.1) is 6.92 Å². The highest BCUT2D eigenvalue weighted by atomic mass is 16.5. The van der Waals surface area contributed by atoms with Gasteiger partial charge in [0.25, 0.3) is 5.91 Å². The fourth-order valence-electron chi connectivity index (χ4n) is 1.68. The van der Waals surface area contributed by atoms with E-state index in [9.17, 15) is 9.59 Å². The average Bonchev–Trinajstić information content (AvgIpc) is 3.00. The molecule has 0 spiro atoms. The summed E-state index contributed by atoms with van der Waals surface area (Å²) in [5.74, 6) is -0.955. The Balaban J connectivity index is 2.08. The van der Waals surface area contributed by atoms with E-state index in [1.54, 1.807) is 11.8 Å². The first-order valence-corrected chi connectivity index (χ1v) is 5.53. The Morgan fingerprint density at radius 3 is 2.76 bits per heavy atom. The Morgan fingerprint density at radius 1 is 1.59 bits per heavy atom. The molecule has 0 atom stereocenters. The summed E-state index contributed by atoms with van der Waals surface area (Å²) in [6.07, 6.45) is 3.29. The molecule has 1 aromatic rings. The molecule has 0 aliphatic heterocycles. The SMILES string of the molecule is Cc1cnoc1C(=O)N(CCC(=O)O)C1CC1. The van der Waals surface area contributed by atoms with Gasteiger partial charge in [0.05, 0.1) is 12.6 Å². The molecule has 17 heavy (non-hydrogen) atoms. The first kappa shape index (κ1) is 11.6. The van der Waals surface area contributed by atoms with E-state index >= 15 is 0 Å². The molecule has 6 nitrogen and oxygen atoms in total. The predicted octanol–water partition coefficient (Wildman–Crippen LogP) is 1.06. The third-order valence-corrected chi connectivity index (χ3v) is 2.76. The van der Waals surface area contributed by atoms with Gasteiger partial charge in [-0.2, -0.15) is 0 Å². The summed E-state index contributed by atoms with van der Waals surface area (Å²) in [6.45, 7) is 1.96. The zero-order chi connectivity index (χ0) is 12.4. The Bertz CT molecular complexity index is 436. The van der Waals surface area contributed by atoms with Crippen LogP contribution in [0.5, 0.6) is 0 Å². The van der Waals surface area contributed by atoms with Gasteiger partial charge in [0.1, 0.15) is 0 Å². The van der Waals surface area contributed by atoms with Crippen molar-refractivity contribution in [2.75, 3.05) is 6.54 Å². The molecule has 0 bridgehead atoms. The van der Waals surface area contributed by atoms with Crippen molar-refractivity contribution in [3.63, 3.8) is 0 Å². The van der Waals surface area contributed by atoms with Crippen molar-refractivity contribution < 1.29 is 19.2 Å². The maximum Gasteiger partial charge on any atom is 0.305 e. The lowest BCUT2D eigenvalue weighted by Crippen LogP contribution is -2.35. The molecule has 1 N–H and O–H groups in total. The number of nitrogens with zero attached hydrogens (tertiary/aromatic N) is 2. The molecule has 92 valence electrons. The third-order valence-electron chi connectivity index (χ3n) is 2.76. The van der Waals surface area contributed by atoms with Gasteiger partial charge in [0.15, 0.2) is 0 Å². The second-order valence-electron chi connectivity index (χ2n) is 4.21. The number of hydrogen-bond acceptors (Lipinski definition) is 4. The first-order chi connectivity index (χ1) is 8.09. The number of carbonyl (C=O) groups excluding carboxylic acids is 1. The van der Waals surface area contributed by atoms with E-state index in [0.29, 0.717) is 5.56 Å². The minimum atomic E-state index is -0.905. The normalized spacial score (nSPS) is 14.6. The summed E-state index contributed by atoms with van der Waals surface area (Å²) in [7, 11) is 0. The molecule has 0 aromatic carbocycles. The number of hydrogen-bond donors (Lipinski definition) is 1. The topological polar surface area (TPSA) is 83.6 Å². The lowest BCUT2D eigenvalue weighted by atomic mass is 10.2. The van der Waals surface area contributed by atoms with Gasteiger partial charge in [-0.15, -0.1) is 0 Å². The van der Waals surface area contributed by atoms with E-state index in [1.807, 2.05) is 0 Å². The highest BCUT2D eigenvalue weighted by molar-refractivity contribution is 5.93. The van der Waals surface area contributed by atoms with Gasteiger partial charge in [-0.1, -0.05) is 5.16 Å². The summed E-state index contributed by atoms with van der Waals surface area (Å²) < 4.78 is 4.90. The third kappa shape index (κ3) is 2.64. The molecule has 1 aliphatic rings. The van der Waals surface area contributed by atoms with E-state index < -0.39 is 5.97 Å². The number of aryl methyl sites for hydroxylation is 1. The molecule has 1 fully saturated rings. The van der Waals surface area contributed by atoms with Crippen LogP contribution in [-0.2, 0) is 4.79 Å². The largest absolute Gasteiger partial charge is 0.481 e. The molecule has 0 unspecified atom stereocenters. The fraction of sp³-hybridized carbons (Fsp3) is 0.545. The van der Waals surface area contributed by atoms with E-state index in [-0.39, 0.29) is 30.7 Å². The highest BCUT2D eigenvalue weighted by Gasteiger charge is 2.35.